The van der Waals surface area contributed by atoms with Crippen molar-refractivity contribution in [2.45, 2.75) is 47.3 Å². The number of nitro groups is 1. The molecule has 160 valence electrons. The number of ether oxygens (including phenoxy) is 1. The van der Waals surface area contributed by atoms with Gasteiger partial charge < -0.3 is 10.1 Å². The number of nitrogens with zero attached hydrogens (tertiary/aromatic N) is 3. The molecule has 1 unspecified atom stereocenters. The third-order valence-electron chi connectivity index (χ3n) is 4.44. The Kier molecular flexibility index (Phi) is 7.04. The van der Waals surface area contributed by atoms with E-state index in [-0.39, 0.29) is 35.4 Å². The van der Waals surface area contributed by atoms with E-state index in [2.05, 4.69) is 10.4 Å². The van der Waals surface area contributed by atoms with Gasteiger partial charge in [0, 0.05) is 17.2 Å². The highest BCUT2D eigenvalue weighted by atomic mass is 16.6. The van der Waals surface area contributed by atoms with Crippen molar-refractivity contribution in [1.82, 2.24) is 9.78 Å². The maximum Gasteiger partial charge on any atom is 0.328 e. The fraction of sp³-hybridized carbons (Fsp3) is 0.400. The van der Waals surface area contributed by atoms with Gasteiger partial charge in [-0.25, -0.2) is 0 Å². The molecule has 1 N–H and O–H groups in total. The first-order chi connectivity index (χ1) is 14.0. The molecule has 1 amide bonds. The number of rotatable bonds is 8. The third-order valence-corrected chi connectivity index (χ3v) is 4.44. The Bertz CT molecular complexity index is 978. The molecule has 1 heterocycles. The molecular weight excluding hydrogens is 392 g/mol. The van der Waals surface area contributed by atoms with Crippen molar-refractivity contribution in [3.05, 3.63) is 51.3 Å². The second kappa shape index (κ2) is 9.29. The van der Waals surface area contributed by atoms with E-state index in [1.807, 2.05) is 0 Å². The topological polar surface area (TPSA) is 133 Å². The summed E-state index contributed by atoms with van der Waals surface area (Å²) in [6, 6.07) is 6.26. The summed E-state index contributed by atoms with van der Waals surface area (Å²) < 4.78 is 6.35. The summed E-state index contributed by atoms with van der Waals surface area (Å²) in [6.45, 7) is 7.60. The van der Waals surface area contributed by atoms with Crippen LogP contribution in [0, 0.1) is 29.9 Å². The molecule has 10 nitrogen and oxygen atoms in total. The smallest absolute Gasteiger partial charge is 0.328 e. The van der Waals surface area contributed by atoms with Gasteiger partial charge in [-0.1, -0.05) is 13.8 Å². The van der Waals surface area contributed by atoms with E-state index in [0.29, 0.717) is 11.3 Å². The number of aromatic nitrogens is 2. The Balaban J connectivity index is 2.00. The Morgan fingerprint density at radius 3 is 2.27 bits per heavy atom. The number of aryl methyl sites for hydroxylation is 1. The van der Waals surface area contributed by atoms with Crippen LogP contribution in [0.4, 0.5) is 11.4 Å². The number of esters is 1. The molecule has 30 heavy (non-hydrogen) atoms. The summed E-state index contributed by atoms with van der Waals surface area (Å²) in [5, 5.41) is 17.8. The zero-order valence-electron chi connectivity index (χ0n) is 17.5. The number of nitrogens with one attached hydrogen (secondary N) is 1. The summed E-state index contributed by atoms with van der Waals surface area (Å²) in [5.41, 5.74) is 1.14. The molecule has 0 aliphatic rings. The fourth-order valence-corrected chi connectivity index (χ4v) is 2.76. The van der Waals surface area contributed by atoms with Gasteiger partial charge in [0.2, 0.25) is 11.7 Å². The maximum absolute atomic E-state index is 12.5. The van der Waals surface area contributed by atoms with E-state index in [4.69, 9.17) is 4.74 Å². The van der Waals surface area contributed by atoms with Crippen LogP contribution < -0.4 is 5.32 Å². The van der Waals surface area contributed by atoms with Gasteiger partial charge >= 0.3 is 11.7 Å². The highest BCUT2D eigenvalue weighted by molar-refractivity contribution is 6.01. The molecule has 2 rings (SSSR count). The minimum atomic E-state index is -1.06. The summed E-state index contributed by atoms with van der Waals surface area (Å²) in [5.74, 6) is -1.46. The van der Waals surface area contributed by atoms with Crippen LogP contribution in [0.5, 0.6) is 0 Å². The lowest BCUT2D eigenvalue weighted by Crippen LogP contribution is -2.27. The van der Waals surface area contributed by atoms with E-state index in [1.54, 1.807) is 26.0 Å². The molecule has 0 saturated heterocycles. The number of ketones is 1. The highest BCUT2D eigenvalue weighted by Gasteiger charge is 2.25. The van der Waals surface area contributed by atoms with Gasteiger partial charge in [-0.15, -0.1) is 0 Å². The molecule has 0 bridgehead atoms. The molecule has 0 saturated carbocycles. The van der Waals surface area contributed by atoms with Crippen LogP contribution in [-0.2, 0) is 20.9 Å². The largest absolute Gasteiger partial charge is 0.453 e. The zero-order chi connectivity index (χ0) is 22.6. The lowest BCUT2D eigenvalue weighted by atomic mass is 10.1. The van der Waals surface area contributed by atoms with E-state index >= 15 is 0 Å². The molecule has 1 atom stereocenters. The molecule has 10 heteroatoms. The van der Waals surface area contributed by atoms with Crippen LogP contribution in [0.2, 0.25) is 0 Å². The van der Waals surface area contributed by atoms with Crippen LogP contribution in [0.15, 0.2) is 24.3 Å². The molecule has 0 radical (unpaired) electrons. The minimum absolute atomic E-state index is 0.138. The van der Waals surface area contributed by atoms with Crippen LogP contribution in [0.3, 0.4) is 0 Å². The van der Waals surface area contributed by atoms with Gasteiger partial charge in [-0.2, -0.15) is 5.10 Å². The fourth-order valence-electron chi connectivity index (χ4n) is 2.76. The second-order valence-corrected chi connectivity index (χ2v) is 7.15. The van der Waals surface area contributed by atoms with E-state index in [1.165, 1.54) is 37.6 Å². The SMILES string of the molecule is Cc1nn(CC(=O)OC(C)C(=O)c2ccc(NC(=O)C(C)C)cc2)c(C)c1[N+](=O)[O-]. The van der Waals surface area contributed by atoms with Gasteiger partial charge in [0.05, 0.1) is 4.92 Å². The van der Waals surface area contributed by atoms with Crippen LogP contribution >= 0.6 is 0 Å². The molecule has 1 aromatic carbocycles. The Morgan fingerprint density at radius 2 is 1.77 bits per heavy atom. The first kappa shape index (κ1) is 22.7. The van der Waals surface area contributed by atoms with E-state index in [9.17, 15) is 24.5 Å². The number of amides is 1. The highest BCUT2D eigenvalue weighted by Crippen LogP contribution is 2.22. The zero-order valence-corrected chi connectivity index (χ0v) is 17.5. The summed E-state index contributed by atoms with van der Waals surface area (Å²) >= 11 is 0. The first-order valence-corrected chi connectivity index (χ1v) is 9.34. The lowest BCUT2D eigenvalue weighted by Gasteiger charge is -2.13. The number of carbonyl (C=O) groups excluding carboxylic acids is 3. The maximum atomic E-state index is 12.5. The molecule has 1 aromatic heterocycles. The first-order valence-electron chi connectivity index (χ1n) is 9.34. The number of anilines is 1. The number of hydrogen-bond donors (Lipinski definition) is 1. The van der Waals surface area contributed by atoms with Crippen LogP contribution in [0.25, 0.3) is 0 Å². The van der Waals surface area contributed by atoms with Crippen molar-refractivity contribution >= 4 is 29.0 Å². The van der Waals surface area contributed by atoms with E-state index < -0.39 is 22.8 Å². The number of benzene rings is 1. The third kappa shape index (κ3) is 5.28. The quantitative estimate of drug-likeness (QED) is 0.303. The van der Waals surface area contributed by atoms with Gasteiger partial charge in [-0.05, 0) is 45.0 Å². The van der Waals surface area contributed by atoms with E-state index in [0.717, 1.165) is 0 Å². The number of carbonyl (C=O) groups is 3. The summed E-state index contributed by atoms with van der Waals surface area (Å²) in [7, 11) is 0. The average Bonchev–Trinajstić information content (AvgIpc) is 2.94. The van der Waals surface area contributed by atoms with Crippen molar-refractivity contribution < 1.29 is 24.0 Å². The predicted molar refractivity (Wildman–Crippen MR) is 108 cm³/mol. The van der Waals surface area contributed by atoms with Gasteiger partial charge in [0.1, 0.15) is 17.9 Å². The van der Waals surface area contributed by atoms with Gasteiger partial charge in [0.25, 0.3) is 0 Å². The van der Waals surface area contributed by atoms with Crippen molar-refractivity contribution in [1.29, 1.82) is 0 Å². The standard InChI is InChI=1S/C20H24N4O6/c1-11(2)20(27)21-16-8-6-15(7-9-16)19(26)14(5)30-17(25)10-23-13(4)18(24(28)29)12(3)22-23/h6-9,11,14H,10H2,1-5H3,(H,21,27). The predicted octanol–water partition coefficient (Wildman–Crippen LogP) is 2.82. The Morgan fingerprint density at radius 1 is 1.17 bits per heavy atom. The molecule has 0 spiro atoms. The molecule has 0 aliphatic heterocycles. The van der Waals surface area contributed by atoms with Crippen molar-refractivity contribution in [3.8, 4) is 0 Å². The van der Waals surface area contributed by atoms with Gasteiger partial charge in [0.15, 0.2) is 6.10 Å². The average molecular weight is 416 g/mol. The molecular formula is C20H24N4O6. The Hall–Kier alpha value is -3.56. The van der Waals surface area contributed by atoms with Crippen LogP contribution in [-0.4, -0.2) is 38.5 Å². The number of Topliss-reactive ketones (excluding diaryl/α,β-unsaturated/α-hetero) is 1. The molecule has 0 fully saturated rings. The summed E-state index contributed by atoms with van der Waals surface area (Å²) in [6.07, 6.45) is -1.06. The monoisotopic (exact) mass is 416 g/mol. The normalized spacial score (nSPS) is 11.8. The van der Waals surface area contributed by atoms with Crippen LogP contribution in [0.1, 0.15) is 42.5 Å². The van der Waals surface area contributed by atoms with Crippen molar-refractivity contribution in [3.63, 3.8) is 0 Å². The Labute approximate surface area is 173 Å². The second-order valence-electron chi connectivity index (χ2n) is 7.15. The van der Waals surface area contributed by atoms with Crippen molar-refractivity contribution in [2.75, 3.05) is 5.32 Å². The van der Waals surface area contributed by atoms with Crippen molar-refractivity contribution in [2.24, 2.45) is 5.92 Å². The minimum Gasteiger partial charge on any atom is -0.453 e. The summed E-state index contributed by atoms with van der Waals surface area (Å²) in [4.78, 5) is 46.9. The van der Waals surface area contributed by atoms with Gasteiger partial charge in [-0.3, -0.25) is 29.2 Å². The molecule has 0 aliphatic carbocycles. The number of hydrogen-bond acceptors (Lipinski definition) is 7. The lowest BCUT2D eigenvalue weighted by molar-refractivity contribution is -0.386. The molecule has 2 aromatic rings.